The van der Waals surface area contributed by atoms with Gasteiger partial charge in [0.2, 0.25) is 0 Å². The molecule has 4 heterocycles. The molecule has 8 nitrogen and oxygen atoms in total. The Labute approximate surface area is 206 Å². The Hall–Kier alpha value is -4.59. The van der Waals surface area contributed by atoms with E-state index in [0.717, 1.165) is 21.9 Å². The first kappa shape index (κ1) is 20.8. The van der Waals surface area contributed by atoms with Crippen molar-refractivity contribution in [2.45, 2.75) is 6.04 Å². The minimum absolute atomic E-state index is 0.0738. The van der Waals surface area contributed by atoms with Gasteiger partial charge in [0.15, 0.2) is 5.82 Å². The number of amides is 2. The monoisotopic (exact) mass is 474 g/mol. The predicted molar refractivity (Wildman–Crippen MR) is 135 cm³/mol. The Bertz CT molecular complexity index is 1620. The van der Waals surface area contributed by atoms with Gasteiger partial charge >= 0.3 is 0 Å². The molecule has 2 aliphatic rings. The molecule has 2 unspecified atom stereocenters. The Balaban J connectivity index is 1.01. The average molecular weight is 475 g/mol. The number of hydrogen-bond acceptors (Lipinski definition) is 5. The smallest absolute Gasteiger partial charge is 0.272 e. The van der Waals surface area contributed by atoms with Gasteiger partial charge in [-0.25, -0.2) is 15.0 Å². The summed E-state index contributed by atoms with van der Waals surface area (Å²) in [6.07, 6.45) is 0. The number of piperidine rings is 1. The maximum absolute atomic E-state index is 13.2. The molecule has 2 aromatic carbocycles. The fourth-order valence-electron chi connectivity index (χ4n) is 5.25. The van der Waals surface area contributed by atoms with Crippen LogP contribution in [0.2, 0.25) is 0 Å². The summed E-state index contributed by atoms with van der Waals surface area (Å²) >= 11 is 0. The number of benzene rings is 2. The van der Waals surface area contributed by atoms with E-state index in [9.17, 15) is 9.59 Å². The van der Waals surface area contributed by atoms with Gasteiger partial charge in [0, 0.05) is 36.4 Å². The van der Waals surface area contributed by atoms with E-state index >= 15 is 0 Å². The van der Waals surface area contributed by atoms with Gasteiger partial charge < -0.3 is 15.2 Å². The Morgan fingerprint density at radius 2 is 1.56 bits per heavy atom. The number of imidazole rings is 1. The Morgan fingerprint density at radius 3 is 2.39 bits per heavy atom. The largest absolute Gasteiger partial charge is 0.347 e. The molecule has 2 atom stereocenters. The second-order valence-corrected chi connectivity index (χ2v) is 9.44. The predicted octanol–water partition coefficient (Wildman–Crippen LogP) is 3.67. The van der Waals surface area contributed by atoms with E-state index in [1.807, 2.05) is 71.6 Å². The van der Waals surface area contributed by atoms with Crippen LogP contribution < -0.4 is 5.32 Å². The third-order valence-electron chi connectivity index (χ3n) is 7.21. The number of aromatic amines is 1. The van der Waals surface area contributed by atoms with E-state index in [1.165, 1.54) is 0 Å². The number of H-pyrrole nitrogens is 1. The summed E-state index contributed by atoms with van der Waals surface area (Å²) in [5, 5.41) is 4.12. The van der Waals surface area contributed by atoms with Gasteiger partial charge in [-0.3, -0.25) is 9.59 Å². The van der Waals surface area contributed by atoms with E-state index in [-0.39, 0.29) is 29.7 Å². The Morgan fingerprint density at radius 1 is 0.778 bits per heavy atom. The number of fused-ring (bicyclic) bond motifs is 3. The number of nitrogens with one attached hydrogen (secondary N) is 2. The van der Waals surface area contributed by atoms with E-state index in [2.05, 4.69) is 25.3 Å². The van der Waals surface area contributed by atoms with Crippen molar-refractivity contribution in [2.24, 2.45) is 11.8 Å². The fraction of sp³-hybridized carbons (Fsp3) is 0.179. The molecule has 1 aliphatic heterocycles. The van der Waals surface area contributed by atoms with Gasteiger partial charge in [0.1, 0.15) is 17.1 Å². The van der Waals surface area contributed by atoms with Crippen LogP contribution >= 0.6 is 0 Å². The number of carbonyl (C=O) groups is 2. The van der Waals surface area contributed by atoms with E-state index in [4.69, 9.17) is 0 Å². The van der Waals surface area contributed by atoms with Crippen LogP contribution in [0.5, 0.6) is 0 Å². The van der Waals surface area contributed by atoms with Crippen molar-refractivity contribution in [3.63, 3.8) is 0 Å². The van der Waals surface area contributed by atoms with Crippen LogP contribution in [0.4, 0.5) is 0 Å². The van der Waals surface area contributed by atoms with Crippen LogP contribution in [0, 0.1) is 11.8 Å². The molecule has 0 spiro atoms. The normalized spacial score (nSPS) is 20.4. The first-order valence-electron chi connectivity index (χ1n) is 12.0. The van der Waals surface area contributed by atoms with Gasteiger partial charge in [-0.15, -0.1) is 0 Å². The molecule has 2 N–H and O–H groups in total. The zero-order valence-electron chi connectivity index (χ0n) is 19.3. The highest BCUT2D eigenvalue weighted by Crippen LogP contribution is 2.46. The Kier molecular flexibility index (Phi) is 4.60. The lowest BCUT2D eigenvalue weighted by Gasteiger charge is -2.20. The van der Waals surface area contributed by atoms with Crippen molar-refractivity contribution < 1.29 is 9.59 Å². The highest BCUT2D eigenvalue weighted by atomic mass is 16.2. The third kappa shape index (κ3) is 3.50. The van der Waals surface area contributed by atoms with Crippen molar-refractivity contribution >= 4 is 33.8 Å². The van der Waals surface area contributed by atoms with Crippen LogP contribution in [0.1, 0.15) is 21.0 Å². The molecule has 3 aromatic heterocycles. The van der Waals surface area contributed by atoms with Crippen molar-refractivity contribution in [2.75, 3.05) is 13.1 Å². The third-order valence-corrected chi connectivity index (χ3v) is 7.21. The van der Waals surface area contributed by atoms with Crippen LogP contribution in [-0.4, -0.2) is 55.8 Å². The van der Waals surface area contributed by atoms with Crippen molar-refractivity contribution in [3.05, 3.63) is 90.3 Å². The lowest BCUT2D eigenvalue weighted by Crippen LogP contribution is -2.38. The molecule has 1 saturated heterocycles. The molecular weight excluding hydrogens is 452 g/mol. The number of hydrogen-bond donors (Lipinski definition) is 2. The number of carbonyl (C=O) groups excluding carboxylic acids is 2. The summed E-state index contributed by atoms with van der Waals surface area (Å²) in [6, 6.07) is 24.7. The molecule has 7 rings (SSSR count). The highest BCUT2D eigenvalue weighted by molar-refractivity contribution is 5.96. The van der Waals surface area contributed by atoms with Crippen molar-refractivity contribution in [3.8, 4) is 11.5 Å². The number of aromatic nitrogens is 4. The quantitative estimate of drug-likeness (QED) is 0.414. The molecule has 0 radical (unpaired) electrons. The number of rotatable bonds is 4. The molecule has 36 heavy (non-hydrogen) atoms. The van der Waals surface area contributed by atoms with Gasteiger partial charge in [0.25, 0.3) is 11.8 Å². The SMILES string of the molecule is O=C(NC1C2CN(C(=O)c3cccc(-c4nc5ccccc5[nH]4)n3)CC21)c1ccc2ccccc2n1. The summed E-state index contributed by atoms with van der Waals surface area (Å²) in [6.45, 7) is 1.21. The summed E-state index contributed by atoms with van der Waals surface area (Å²) < 4.78 is 0. The standard InChI is InChI=1S/C28H22N6O2/c35-27(23-13-12-16-6-1-2-7-19(16)29-23)33-25-17-14-34(15-18(17)25)28(36)24-11-5-10-22(30-24)26-31-20-8-3-4-9-21(20)32-26/h1-13,17-18,25H,14-15H2,(H,31,32)(H,33,35). The first-order chi connectivity index (χ1) is 17.6. The zero-order valence-corrected chi connectivity index (χ0v) is 19.3. The highest BCUT2D eigenvalue weighted by Gasteiger charge is 2.57. The fourth-order valence-corrected chi connectivity index (χ4v) is 5.25. The summed E-state index contributed by atoms with van der Waals surface area (Å²) in [5.74, 6) is 0.897. The number of para-hydroxylation sites is 3. The van der Waals surface area contributed by atoms with Crippen LogP contribution in [0.15, 0.2) is 78.9 Å². The minimum atomic E-state index is -0.168. The lowest BCUT2D eigenvalue weighted by molar-refractivity contribution is 0.0763. The molecule has 1 saturated carbocycles. The molecule has 1 aliphatic carbocycles. The second-order valence-electron chi connectivity index (χ2n) is 9.44. The first-order valence-corrected chi connectivity index (χ1v) is 12.0. The minimum Gasteiger partial charge on any atom is -0.347 e. The van der Waals surface area contributed by atoms with Crippen LogP contribution in [0.3, 0.4) is 0 Å². The summed E-state index contributed by atoms with van der Waals surface area (Å²) in [4.78, 5) is 44.7. The summed E-state index contributed by atoms with van der Waals surface area (Å²) in [7, 11) is 0. The molecule has 2 fully saturated rings. The van der Waals surface area contributed by atoms with Gasteiger partial charge in [-0.1, -0.05) is 42.5 Å². The topological polar surface area (TPSA) is 104 Å². The molecule has 8 heteroatoms. The number of likely N-dealkylation sites (tertiary alicyclic amines) is 1. The molecule has 5 aromatic rings. The average Bonchev–Trinajstić information content (AvgIpc) is 3.27. The van der Waals surface area contributed by atoms with Crippen LogP contribution in [-0.2, 0) is 0 Å². The van der Waals surface area contributed by atoms with E-state index < -0.39 is 0 Å². The molecule has 2 amide bonds. The second kappa shape index (κ2) is 7.98. The number of nitrogens with zero attached hydrogens (tertiary/aromatic N) is 4. The molecule has 176 valence electrons. The van der Waals surface area contributed by atoms with Gasteiger partial charge in [0.05, 0.1) is 16.6 Å². The maximum atomic E-state index is 13.2. The van der Waals surface area contributed by atoms with Crippen molar-refractivity contribution in [1.29, 1.82) is 0 Å². The number of pyridine rings is 2. The van der Waals surface area contributed by atoms with Crippen molar-refractivity contribution in [1.82, 2.24) is 30.2 Å². The molecular formula is C28H22N6O2. The maximum Gasteiger partial charge on any atom is 0.272 e. The van der Waals surface area contributed by atoms with Crippen LogP contribution in [0.25, 0.3) is 33.5 Å². The lowest BCUT2D eigenvalue weighted by atomic mass is 10.2. The van der Waals surface area contributed by atoms with E-state index in [0.29, 0.717) is 36.0 Å². The summed E-state index contributed by atoms with van der Waals surface area (Å²) in [5.41, 5.74) is 4.04. The molecule has 0 bridgehead atoms. The zero-order chi connectivity index (χ0) is 24.2. The van der Waals surface area contributed by atoms with Gasteiger partial charge in [-0.2, -0.15) is 0 Å². The van der Waals surface area contributed by atoms with Gasteiger partial charge in [-0.05, 0) is 36.4 Å². The van der Waals surface area contributed by atoms with E-state index in [1.54, 1.807) is 12.1 Å².